The van der Waals surface area contributed by atoms with E-state index in [1.165, 1.54) is 24.6 Å². The van der Waals surface area contributed by atoms with Gasteiger partial charge in [-0.2, -0.15) is 0 Å². The minimum Gasteiger partial charge on any atom is -0.376 e. The average Bonchev–Trinajstić information content (AvgIpc) is 3.40. The Morgan fingerprint density at radius 1 is 1.23 bits per heavy atom. The van der Waals surface area contributed by atoms with Crippen LogP contribution in [-0.4, -0.2) is 52.2 Å². The molecule has 31 heavy (non-hydrogen) atoms. The summed E-state index contributed by atoms with van der Waals surface area (Å²) < 4.78 is 8.05. The Bertz CT molecular complexity index is 901. The minimum absolute atomic E-state index is 0.0290. The number of carbonyl (C=O) groups is 1. The molecule has 8 heteroatoms. The molecule has 2 aromatic rings. The molecular formula is C23H33N5O2S. The summed E-state index contributed by atoms with van der Waals surface area (Å²) in [5.74, 6) is 1.95. The second-order valence-corrected chi connectivity index (χ2v) is 9.80. The van der Waals surface area contributed by atoms with E-state index in [0.717, 1.165) is 72.9 Å². The number of nitrogens with zero attached hydrogens (tertiary/aromatic N) is 4. The Balaban J connectivity index is 1.45. The summed E-state index contributed by atoms with van der Waals surface area (Å²) in [6.45, 7) is 9.92. The zero-order chi connectivity index (χ0) is 21.8. The predicted molar refractivity (Wildman–Crippen MR) is 125 cm³/mol. The van der Waals surface area contributed by atoms with Crippen molar-refractivity contribution in [3.8, 4) is 0 Å². The van der Waals surface area contributed by atoms with E-state index >= 15 is 0 Å². The van der Waals surface area contributed by atoms with E-state index < -0.39 is 0 Å². The molecule has 1 aromatic carbocycles. The lowest BCUT2D eigenvalue weighted by Crippen LogP contribution is -2.35. The van der Waals surface area contributed by atoms with E-state index in [-0.39, 0.29) is 12.0 Å². The van der Waals surface area contributed by atoms with Gasteiger partial charge in [-0.3, -0.25) is 9.36 Å². The molecule has 2 aliphatic rings. The first-order valence-electron chi connectivity index (χ1n) is 11.3. The molecule has 1 N–H and O–H groups in total. The molecule has 2 aliphatic heterocycles. The highest BCUT2D eigenvalue weighted by molar-refractivity contribution is 7.99. The number of anilines is 2. The van der Waals surface area contributed by atoms with Gasteiger partial charge in [0.25, 0.3) is 0 Å². The smallest absolute Gasteiger partial charge is 0.234 e. The lowest BCUT2D eigenvalue weighted by atomic mass is 10.00. The van der Waals surface area contributed by atoms with Gasteiger partial charge in [0.1, 0.15) is 0 Å². The monoisotopic (exact) mass is 443 g/mol. The first-order valence-corrected chi connectivity index (χ1v) is 12.3. The second kappa shape index (κ2) is 10.0. The Hall–Kier alpha value is -2.06. The molecule has 2 fully saturated rings. The number of nitrogens with one attached hydrogen (secondary N) is 1. The van der Waals surface area contributed by atoms with Crippen LogP contribution >= 0.6 is 11.8 Å². The number of rotatable bonds is 7. The first kappa shape index (κ1) is 22.1. The van der Waals surface area contributed by atoms with Gasteiger partial charge in [0.2, 0.25) is 11.9 Å². The van der Waals surface area contributed by atoms with E-state index in [2.05, 4.69) is 38.0 Å². The maximum Gasteiger partial charge on any atom is 0.234 e. The van der Waals surface area contributed by atoms with Gasteiger partial charge >= 0.3 is 0 Å². The Morgan fingerprint density at radius 3 is 2.77 bits per heavy atom. The summed E-state index contributed by atoms with van der Waals surface area (Å²) in [4.78, 5) is 15.0. The number of carbonyl (C=O) groups excluding carboxylic acids is 1. The Kier molecular flexibility index (Phi) is 7.17. The molecule has 0 radical (unpaired) electrons. The largest absolute Gasteiger partial charge is 0.376 e. The van der Waals surface area contributed by atoms with Gasteiger partial charge in [0.05, 0.1) is 18.4 Å². The van der Waals surface area contributed by atoms with Crippen LogP contribution in [0.15, 0.2) is 23.4 Å². The van der Waals surface area contributed by atoms with Gasteiger partial charge in [0.15, 0.2) is 5.16 Å². The highest BCUT2D eigenvalue weighted by atomic mass is 32.2. The van der Waals surface area contributed by atoms with Gasteiger partial charge in [-0.05, 0) is 62.6 Å². The summed E-state index contributed by atoms with van der Waals surface area (Å²) >= 11 is 1.45. The van der Waals surface area contributed by atoms with Gasteiger partial charge in [0, 0.05) is 25.4 Å². The van der Waals surface area contributed by atoms with Gasteiger partial charge < -0.3 is 15.0 Å². The predicted octanol–water partition coefficient (Wildman–Crippen LogP) is 4.04. The molecule has 3 heterocycles. The summed E-state index contributed by atoms with van der Waals surface area (Å²) in [5.41, 5.74) is 3.06. The van der Waals surface area contributed by atoms with E-state index in [4.69, 9.17) is 4.74 Å². The second-order valence-electron chi connectivity index (χ2n) is 8.85. The third-order valence-corrected chi connectivity index (χ3v) is 7.14. The Labute approximate surface area is 188 Å². The molecule has 0 saturated carbocycles. The SMILES string of the molecule is Cc1ccc(C)c(NC(=O)CSc2nnc(N3CCC(C)CC3)n2C[C@@H]2CCCO2)c1. The van der Waals surface area contributed by atoms with Crippen LogP contribution in [0.4, 0.5) is 11.6 Å². The highest BCUT2D eigenvalue weighted by Gasteiger charge is 2.26. The van der Waals surface area contributed by atoms with Crippen LogP contribution in [0.2, 0.25) is 0 Å². The van der Waals surface area contributed by atoms with Crippen LogP contribution in [0, 0.1) is 19.8 Å². The molecule has 7 nitrogen and oxygen atoms in total. The number of thioether (sulfide) groups is 1. The minimum atomic E-state index is -0.0290. The molecule has 0 unspecified atom stereocenters. The van der Waals surface area contributed by atoms with Crippen LogP contribution < -0.4 is 10.2 Å². The summed E-state index contributed by atoms with van der Waals surface area (Å²) in [5, 5.41) is 12.8. The molecule has 0 bridgehead atoms. The third-order valence-electron chi connectivity index (χ3n) is 6.17. The fraction of sp³-hybridized carbons (Fsp3) is 0.609. The summed E-state index contributed by atoms with van der Waals surface area (Å²) in [6.07, 6.45) is 4.71. The zero-order valence-corrected chi connectivity index (χ0v) is 19.6. The average molecular weight is 444 g/mol. The van der Waals surface area contributed by atoms with E-state index in [1.807, 2.05) is 26.0 Å². The first-order chi connectivity index (χ1) is 15.0. The molecular weight excluding hydrogens is 410 g/mol. The molecule has 1 aromatic heterocycles. The molecule has 1 atom stereocenters. The molecule has 2 saturated heterocycles. The summed E-state index contributed by atoms with van der Waals surface area (Å²) in [6, 6.07) is 6.09. The molecule has 0 aliphatic carbocycles. The number of benzene rings is 1. The van der Waals surface area contributed by atoms with Crippen LogP contribution in [0.1, 0.15) is 43.7 Å². The van der Waals surface area contributed by atoms with E-state index in [9.17, 15) is 4.79 Å². The maximum atomic E-state index is 12.6. The quantitative estimate of drug-likeness (QED) is 0.651. The number of hydrogen-bond acceptors (Lipinski definition) is 6. The lowest BCUT2D eigenvalue weighted by molar-refractivity contribution is -0.113. The van der Waals surface area contributed by atoms with E-state index in [1.54, 1.807) is 0 Å². The molecule has 1 amide bonds. The van der Waals surface area contributed by atoms with Crippen molar-refractivity contribution in [1.29, 1.82) is 0 Å². The van der Waals surface area contributed by atoms with Crippen LogP contribution in [0.25, 0.3) is 0 Å². The van der Waals surface area contributed by atoms with Crippen molar-refractivity contribution in [3.05, 3.63) is 29.3 Å². The number of amides is 1. The normalized spacial score (nSPS) is 19.7. The number of piperidine rings is 1. The number of aromatic nitrogens is 3. The Morgan fingerprint density at radius 2 is 2.03 bits per heavy atom. The standard InChI is InChI=1S/C23H33N5O2S/c1-16-8-10-27(11-9-16)22-25-26-23(28(22)14-19-5-4-12-30-19)31-15-21(29)24-20-13-17(2)6-7-18(20)3/h6-7,13,16,19H,4-5,8-12,14-15H2,1-3H3,(H,24,29)/t19-/m0/s1. The zero-order valence-electron chi connectivity index (χ0n) is 18.8. The van der Waals surface area contributed by atoms with Crippen molar-refractivity contribution in [3.63, 3.8) is 0 Å². The van der Waals surface area contributed by atoms with Crippen LogP contribution in [0.5, 0.6) is 0 Å². The van der Waals surface area contributed by atoms with Crippen molar-refractivity contribution in [1.82, 2.24) is 14.8 Å². The number of hydrogen-bond donors (Lipinski definition) is 1. The van der Waals surface area contributed by atoms with Crippen molar-refractivity contribution in [2.45, 2.75) is 64.3 Å². The van der Waals surface area contributed by atoms with Gasteiger partial charge in [-0.25, -0.2) is 0 Å². The molecule has 168 valence electrons. The van der Waals surface area contributed by atoms with Crippen molar-refractivity contribution < 1.29 is 9.53 Å². The fourth-order valence-corrected chi connectivity index (χ4v) is 4.91. The molecule has 0 spiro atoms. The van der Waals surface area contributed by atoms with Crippen molar-refractivity contribution in [2.75, 3.05) is 35.7 Å². The highest BCUT2D eigenvalue weighted by Crippen LogP contribution is 2.28. The van der Waals surface area contributed by atoms with Gasteiger partial charge in [-0.15, -0.1) is 10.2 Å². The van der Waals surface area contributed by atoms with Crippen LogP contribution in [0.3, 0.4) is 0 Å². The fourth-order valence-electron chi connectivity index (χ4n) is 4.17. The lowest BCUT2D eigenvalue weighted by Gasteiger charge is -2.31. The third kappa shape index (κ3) is 5.60. The maximum absolute atomic E-state index is 12.6. The number of ether oxygens (including phenoxy) is 1. The van der Waals surface area contributed by atoms with Crippen molar-refractivity contribution >= 4 is 29.3 Å². The molecule has 4 rings (SSSR count). The van der Waals surface area contributed by atoms with Crippen LogP contribution in [-0.2, 0) is 16.1 Å². The van der Waals surface area contributed by atoms with E-state index in [0.29, 0.717) is 5.75 Å². The van der Waals surface area contributed by atoms with Gasteiger partial charge in [-0.1, -0.05) is 30.8 Å². The van der Waals surface area contributed by atoms with Crippen molar-refractivity contribution in [2.24, 2.45) is 5.92 Å². The topological polar surface area (TPSA) is 72.3 Å². The summed E-state index contributed by atoms with van der Waals surface area (Å²) in [7, 11) is 0. The number of aryl methyl sites for hydroxylation is 2.